The van der Waals surface area contributed by atoms with Gasteiger partial charge in [-0.1, -0.05) is 60.7 Å². The maximum atomic E-state index is 13.1. The molecular formula is C24H23N3OS. The number of aromatic amines is 1. The summed E-state index contributed by atoms with van der Waals surface area (Å²) < 4.78 is 13.1. The van der Waals surface area contributed by atoms with Crippen LogP contribution in [-0.4, -0.2) is 20.7 Å². The lowest BCUT2D eigenvalue weighted by atomic mass is 9.97. The molecule has 0 radical (unpaired) electrons. The van der Waals surface area contributed by atoms with E-state index in [-0.39, 0.29) is 0 Å². The summed E-state index contributed by atoms with van der Waals surface area (Å²) in [6, 6.07) is 24.8. The molecule has 0 fully saturated rings. The Labute approximate surface area is 173 Å². The molecule has 1 aromatic heterocycles. The van der Waals surface area contributed by atoms with Crippen LogP contribution in [0.3, 0.4) is 0 Å². The minimum atomic E-state index is -1.22. The third-order valence-electron chi connectivity index (χ3n) is 5.48. The van der Waals surface area contributed by atoms with E-state index in [4.69, 9.17) is 0 Å². The van der Waals surface area contributed by atoms with Gasteiger partial charge in [0.2, 0.25) is 0 Å². The molecule has 0 saturated carbocycles. The van der Waals surface area contributed by atoms with E-state index < -0.39 is 10.8 Å². The fourth-order valence-corrected chi connectivity index (χ4v) is 5.23. The molecule has 4 nitrogen and oxygen atoms in total. The van der Waals surface area contributed by atoms with Gasteiger partial charge in [0.15, 0.2) is 5.16 Å². The van der Waals surface area contributed by atoms with E-state index in [1.54, 1.807) is 0 Å². The number of rotatable bonds is 5. The van der Waals surface area contributed by atoms with Crippen LogP contribution in [0.4, 0.5) is 5.69 Å². The van der Waals surface area contributed by atoms with Gasteiger partial charge in [0.25, 0.3) is 0 Å². The van der Waals surface area contributed by atoms with E-state index in [1.165, 1.54) is 16.8 Å². The normalized spacial score (nSPS) is 14.7. The van der Waals surface area contributed by atoms with Gasteiger partial charge in [-0.05, 0) is 41.7 Å². The maximum absolute atomic E-state index is 13.1. The highest BCUT2D eigenvalue weighted by Gasteiger charge is 2.22. The largest absolute Gasteiger partial charge is 0.367 e. The van der Waals surface area contributed by atoms with E-state index in [1.807, 2.05) is 24.3 Å². The summed E-state index contributed by atoms with van der Waals surface area (Å²) in [5, 5.41) is 0.550. The number of hydrogen-bond donors (Lipinski definition) is 1. The predicted molar refractivity (Wildman–Crippen MR) is 118 cm³/mol. The average Bonchev–Trinajstić information content (AvgIpc) is 3.19. The summed E-state index contributed by atoms with van der Waals surface area (Å²) in [6.45, 7) is 1.90. The molecule has 5 heteroatoms. The Balaban J connectivity index is 1.45. The lowest BCUT2D eigenvalue weighted by molar-refractivity contribution is 0.674. The molecule has 2 heterocycles. The molecule has 0 bridgehead atoms. The Morgan fingerprint density at radius 1 is 0.966 bits per heavy atom. The van der Waals surface area contributed by atoms with Crippen molar-refractivity contribution >= 4 is 27.5 Å². The molecule has 1 unspecified atom stereocenters. The molecule has 1 aliphatic heterocycles. The SMILES string of the molecule is O=S(Cc1cccc2c1N(Cc1ccccc1)CCC2)c1nc2ccccc2[nH]1. The van der Waals surface area contributed by atoms with Crippen molar-refractivity contribution in [3.8, 4) is 0 Å². The standard InChI is InChI=1S/C24H23N3OS/c28-29(24-25-21-13-4-5-14-22(21)26-24)17-20-11-6-10-19-12-7-15-27(23(19)20)16-18-8-2-1-3-9-18/h1-6,8-11,13-14H,7,12,15-17H2,(H,25,26). The topological polar surface area (TPSA) is 49.0 Å². The number of fused-ring (bicyclic) bond motifs is 2. The first-order valence-corrected chi connectivity index (χ1v) is 11.3. The summed E-state index contributed by atoms with van der Waals surface area (Å²) in [6.07, 6.45) is 2.22. The van der Waals surface area contributed by atoms with Crippen LogP contribution in [0, 0.1) is 0 Å². The number of hydrogen-bond acceptors (Lipinski definition) is 3. The number of imidazole rings is 1. The number of nitrogens with one attached hydrogen (secondary N) is 1. The van der Waals surface area contributed by atoms with Crippen LogP contribution < -0.4 is 4.90 Å². The molecule has 5 rings (SSSR count). The summed E-state index contributed by atoms with van der Waals surface area (Å²) in [7, 11) is -1.22. The lowest BCUT2D eigenvalue weighted by Crippen LogP contribution is -2.30. The Kier molecular flexibility index (Phi) is 4.90. The fourth-order valence-electron chi connectivity index (χ4n) is 4.15. The van der Waals surface area contributed by atoms with Crippen molar-refractivity contribution in [1.82, 2.24) is 9.97 Å². The average molecular weight is 402 g/mol. The van der Waals surface area contributed by atoms with E-state index in [2.05, 4.69) is 63.4 Å². The van der Waals surface area contributed by atoms with Crippen LogP contribution in [0.25, 0.3) is 11.0 Å². The van der Waals surface area contributed by atoms with Crippen molar-refractivity contribution in [3.63, 3.8) is 0 Å². The molecule has 1 atom stereocenters. The van der Waals surface area contributed by atoms with Crippen molar-refractivity contribution < 1.29 is 4.21 Å². The first-order valence-electron chi connectivity index (χ1n) is 10.0. The first kappa shape index (κ1) is 18.1. The zero-order chi connectivity index (χ0) is 19.6. The predicted octanol–water partition coefficient (Wildman–Crippen LogP) is 4.82. The number of H-pyrrole nitrogens is 1. The van der Waals surface area contributed by atoms with Crippen molar-refractivity contribution in [2.75, 3.05) is 11.4 Å². The number of anilines is 1. The minimum Gasteiger partial charge on any atom is -0.367 e. The molecule has 29 heavy (non-hydrogen) atoms. The van der Waals surface area contributed by atoms with Gasteiger partial charge in [0, 0.05) is 18.8 Å². The van der Waals surface area contributed by atoms with Gasteiger partial charge in [0.05, 0.1) is 27.6 Å². The molecule has 0 saturated heterocycles. The molecule has 1 aliphatic rings. The van der Waals surface area contributed by atoms with Crippen molar-refractivity contribution in [3.05, 3.63) is 89.5 Å². The Bertz CT molecular complexity index is 1140. The highest BCUT2D eigenvalue weighted by Crippen LogP contribution is 2.33. The zero-order valence-corrected chi connectivity index (χ0v) is 17.0. The molecule has 4 aromatic rings. The lowest BCUT2D eigenvalue weighted by Gasteiger charge is -2.33. The Morgan fingerprint density at radius 2 is 1.79 bits per heavy atom. The second-order valence-electron chi connectivity index (χ2n) is 7.48. The van der Waals surface area contributed by atoms with E-state index in [0.717, 1.165) is 42.5 Å². The van der Waals surface area contributed by atoms with Gasteiger partial charge in [-0.3, -0.25) is 4.21 Å². The summed E-state index contributed by atoms with van der Waals surface area (Å²) in [4.78, 5) is 10.2. The van der Waals surface area contributed by atoms with Crippen LogP contribution in [0.5, 0.6) is 0 Å². The highest BCUT2D eigenvalue weighted by atomic mass is 32.2. The number of aromatic nitrogens is 2. The van der Waals surface area contributed by atoms with Gasteiger partial charge in [-0.25, -0.2) is 4.98 Å². The van der Waals surface area contributed by atoms with Crippen molar-refractivity contribution in [1.29, 1.82) is 0 Å². The number of aryl methyl sites for hydroxylation is 1. The third kappa shape index (κ3) is 3.70. The first-order chi connectivity index (χ1) is 14.3. The van der Waals surface area contributed by atoms with Gasteiger partial charge in [-0.15, -0.1) is 0 Å². The van der Waals surface area contributed by atoms with Crippen LogP contribution in [0.1, 0.15) is 23.1 Å². The van der Waals surface area contributed by atoms with Gasteiger partial charge in [0.1, 0.15) is 0 Å². The van der Waals surface area contributed by atoms with Crippen molar-refractivity contribution in [2.24, 2.45) is 0 Å². The highest BCUT2D eigenvalue weighted by molar-refractivity contribution is 7.84. The molecule has 146 valence electrons. The van der Waals surface area contributed by atoms with Crippen molar-refractivity contribution in [2.45, 2.75) is 30.3 Å². The fraction of sp³-hybridized carbons (Fsp3) is 0.208. The smallest absolute Gasteiger partial charge is 0.197 e. The minimum absolute atomic E-state index is 0.467. The van der Waals surface area contributed by atoms with Gasteiger partial charge in [-0.2, -0.15) is 0 Å². The number of benzene rings is 3. The van der Waals surface area contributed by atoms with Crippen LogP contribution in [-0.2, 0) is 29.5 Å². The Hall–Kier alpha value is -2.92. The number of para-hydroxylation sites is 3. The summed E-state index contributed by atoms with van der Waals surface area (Å²) in [5.41, 5.74) is 6.83. The third-order valence-corrected chi connectivity index (χ3v) is 6.68. The molecular weight excluding hydrogens is 378 g/mol. The molecule has 3 aromatic carbocycles. The Morgan fingerprint density at radius 3 is 2.66 bits per heavy atom. The second-order valence-corrected chi connectivity index (χ2v) is 8.85. The van der Waals surface area contributed by atoms with E-state index >= 15 is 0 Å². The van der Waals surface area contributed by atoms with Gasteiger partial charge < -0.3 is 9.88 Å². The molecule has 0 aliphatic carbocycles. The molecule has 0 spiro atoms. The molecule has 0 amide bonds. The molecule has 1 N–H and O–H groups in total. The van der Waals surface area contributed by atoms with E-state index in [0.29, 0.717) is 10.9 Å². The van der Waals surface area contributed by atoms with Gasteiger partial charge >= 0.3 is 0 Å². The maximum Gasteiger partial charge on any atom is 0.197 e. The number of nitrogens with zero attached hydrogens (tertiary/aromatic N) is 2. The van der Waals surface area contributed by atoms with Crippen LogP contribution in [0.2, 0.25) is 0 Å². The summed E-state index contributed by atoms with van der Waals surface area (Å²) >= 11 is 0. The second kappa shape index (κ2) is 7.84. The summed E-state index contributed by atoms with van der Waals surface area (Å²) in [5.74, 6) is 0.467. The quantitative estimate of drug-likeness (QED) is 0.521. The zero-order valence-electron chi connectivity index (χ0n) is 16.2. The van der Waals surface area contributed by atoms with Crippen LogP contribution >= 0.6 is 0 Å². The van der Waals surface area contributed by atoms with E-state index in [9.17, 15) is 4.21 Å². The van der Waals surface area contributed by atoms with Crippen LogP contribution in [0.15, 0.2) is 78.0 Å². The monoisotopic (exact) mass is 401 g/mol.